The van der Waals surface area contributed by atoms with E-state index >= 15 is 0 Å². The molecular weight excluding hydrogens is 375 g/mol. The molecule has 0 atom stereocenters. The third-order valence-electron chi connectivity index (χ3n) is 1.44. The summed E-state index contributed by atoms with van der Waals surface area (Å²) in [5.41, 5.74) is 0. The number of rotatable bonds is 1. The monoisotopic (exact) mass is 376 g/mol. The van der Waals surface area contributed by atoms with Crippen LogP contribution in [0.2, 0.25) is 0 Å². The number of phenolic OH excluding ortho intramolecular Hbond substituents is 1. The highest BCUT2D eigenvalue weighted by molar-refractivity contribution is 9.11. The molecule has 0 saturated heterocycles. The minimum atomic E-state index is -9.69. The van der Waals surface area contributed by atoms with Crippen LogP contribution in [-0.4, -0.2) is 5.11 Å². The smallest absolute Gasteiger partial charge is 0.310 e. The van der Waals surface area contributed by atoms with E-state index in [4.69, 9.17) is 5.11 Å². The molecule has 1 nitrogen and oxygen atoms in total. The molecule has 1 rings (SSSR count). The summed E-state index contributed by atoms with van der Waals surface area (Å²) in [6.45, 7) is 0. The van der Waals surface area contributed by atoms with Crippen LogP contribution in [0.3, 0.4) is 0 Å². The van der Waals surface area contributed by atoms with Crippen molar-refractivity contribution in [1.29, 1.82) is 0 Å². The Bertz CT molecular complexity index is 405. The van der Waals surface area contributed by atoms with E-state index < -0.39 is 29.8 Å². The molecule has 0 aliphatic heterocycles. The summed E-state index contributed by atoms with van der Waals surface area (Å²) >= 11 is 5.09. The zero-order chi connectivity index (χ0) is 12.1. The van der Waals surface area contributed by atoms with Crippen LogP contribution in [0.25, 0.3) is 0 Å². The quantitative estimate of drug-likeness (QED) is 0.634. The van der Waals surface area contributed by atoms with Gasteiger partial charge < -0.3 is 5.11 Å². The van der Waals surface area contributed by atoms with Gasteiger partial charge in [-0.05, 0) is 44.0 Å². The Kier molecular flexibility index (Phi) is 2.44. The van der Waals surface area contributed by atoms with Gasteiger partial charge in [-0.15, -0.1) is 0 Å². The largest absolute Gasteiger partial charge is 0.506 e. The van der Waals surface area contributed by atoms with Crippen LogP contribution >= 0.6 is 42.1 Å². The summed E-state index contributed by atoms with van der Waals surface area (Å²) in [7, 11) is -9.69. The van der Waals surface area contributed by atoms with Gasteiger partial charge in [-0.1, -0.05) is 19.4 Å². The lowest BCUT2D eigenvalue weighted by Crippen LogP contribution is -2.06. The molecule has 0 saturated carbocycles. The molecule has 0 amide bonds. The van der Waals surface area contributed by atoms with E-state index in [9.17, 15) is 19.4 Å². The van der Waals surface area contributed by atoms with Gasteiger partial charge in [0.1, 0.15) is 10.6 Å². The van der Waals surface area contributed by atoms with Crippen molar-refractivity contribution in [1.82, 2.24) is 0 Å². The predicted molar refractivity (Wildman–Crippen MR) is 54.9 cm³/mol. The first-order valence-electron chi connectivity index (χ1n) is 3.23. The molecule has 0 fully saturated rings. The van der Waals surface area contributed by atoms with Gasteiger partial charge in [-0.3, -0.25) is 0 Å². The molecular formula is C6H3Br2F5OS. The highest BCUT2D eigenvalue weighted by Crippen LogP contribution is 3.02. The average Bonchev–Trinajstić information content (AvgIpc) is 1.94. The predicted octanol–water partition coefficient (Wildman–Crippen LogP) is 5.57. The highest BCUT2D eigenvalue weighted by Gasteiger charge is 2.65. The molecule has 9 heteroatoms. The maximum atomic E-state index is 12.3. The number of phenols is 1. The maximum absolute atomic E-state index is 12.3. The van der Waals surface area contributed by atoms with Crippen LogP contribution in [0.4, 0.5) is 19.4 Å². The Balaban J connectivity index is 3.58. The molecule has 0 heterocycles. The van der Waals surface area contributed by atoms with Crippen molar-refractivity contribution in [3.63, 3.8) is 0 Å². The summed E-state index contributed by atoms with van der Waals surface area (Å²) in [5.74, 6) is -0.569. The molecule has 0 bridgehead atoms. The standard InChI is InChI=1S/C6H3Br2F5OS/c7-4-1-3(2-5(8)6(4)14)15(9,10,11,12)13/h1-2,14H. The molecule has 0 aliphatic rings. The third kappa shape index (κ3) is 2.97. The molecule has 0 spiro atoms. The summed E-state index contributed by atoms with van der Waals surface area (Å²) in [4.78, 5) is -2.06. The van der Waals surface area contributed by atoms with Gasteiger partial charge in [-0.2, -0.15) is 0 Å². The van der Waals surface area contributed by atoms with E-state index in [2.05, 4.69) is 31.9 Å². The Labute approximate surface area is 98.3 Å². The normalized spacial score (nSPS) is 17.0. The van der Waals surface area contributed by atoms with Crippen molar-refractivity contribution in [3.8, 4) is 5.75 Å². The number of aromatic hydroxyl groups is 1. The molecule has 0 aromatic heterocycles. The molecule has 1 aromatic carbocycles. The molecule has 0 unspecified atom stereocenters. The molecule has 88 valence electrons. The minimum absolute atomic E-state index is 0.141. The molecule has 1 aromatic rings. The second-order valence-corrected chi connectivity index (χ2v) is 6.82. The first-order chi connectivity index (χ1) is 6.31. The van der Waals surface area contributed by atoms with Crippen LogP contribution in [-0.2, 0) is 0 Å². The van der Waals surface area contributed by atoms with Gasteiger partial charge in [-0.25, -0.2) is 0 Å². The fraction of sp³-hybridized carbons (Fsp3) is 0. The number of hydrogen-bond acceptors (Lipinski definition) is 1. The van der Waals surface area contributed by atoms with Crippen molar-refractivity contribution in [2.75, 3.05) is 0 Å². The summed E-state index contributed by atoms with van der Waals surface area (Å²) in [6.07, 6.45) is 0. The van der Waals surface area contributed by atoms with Gasteiger partial charge in [0.05, 0.1) is 8.95 Å². The Morgan fingerprint density at radius 2 is 1.27 bits per heavy atom. The summed E-state index contributed by atoms with van der Waals surface area (Å²) < 4.78 is 60.7. The van der Waals surface area contributed by atoms with Gasteiger partial charge in [0.15, 0.2) is 0 Å². The average molecular weight is 378 g/mol. The van der Waals surface area contributed by atoms with Crippen molar-refractivity contribution in [3.05, 3.63) is 21.1 Å². The lowest BCUT2D eigenvalue weighted by molar-refractivity contribution is 0.363. The Hall–Kier alpha value is -0.0200. The first-order valence-corrected chi connectivity index (χ1v) is 6.77. The van der Waals surface area contributed by atoms with E-state index in [1.165, 1.54) is 0 Å². The van der Waals surface area contributed by atoms with Crippen LogP contribution in [0.1, 0.15) is 0 Å². The fourth-order valence-electron chi connectivity index (χ4n) is 0.765. The zero-order valence-electron chi connectivity index (χ0n) is 6.66. The maximum Gasteiger partial charge on any atom is 0.310 e. The molecule has 0 aliphatic carbocycles. The van der Waals surface area contributed by atoms with Crippen LogP contribution in [0.5, 0.6) is 5.75 Å². The van der Waals surface area contributed by atoms with Crippen molar-refractivity contribution in [2.24, 2.45) is 0 Å². The highest BCUT2D eigenvalue weighted by atomic mass is 79.9. The zero-order valence-corrected chi connectivity index (χ0v) is 10.6. The van der Waals surface area contributed by atoms with E-state index in [-0.39, 0.29) is 12.1 Å². The van der Waals surface area contributed by atoms with Crippen molar-refractivity contribution >= 4 is 42.1 Å². The first kappa shape index (κ1) is 13.0. The van der Waals surface area contributed by atoms with E-state index in [1.54, 1.807) is 0 Å². The molecule has 0 radical (unpaired) electrons. The van der Waals surface area contributed by atoms with Crippen LogP contribution in [0.15, 0.2) is 26.0 Å². The van der Waals surface area contributed by atoms with Gasteiger partial charge in [0.2, 0.25) is 0 Å². The van der Waals surface area contributed by atoms with Gasteiger partial charge in [0, 0.05) is 0 Å². The number of benzene rings is 1. The van der Waals surface area contributed by atoms with Gasteiger partial charge >= 0.3 is 10.2 Å². The Morgan fingerprint density at radius 1 is 0.933 bits per heavy atom. The second kappa shape index (κ2) is 2.80. The minimum Gasteiger partial charge on any atom is -0.506 e. The lowest BCUT2D eigenvalue weighted by Gasteiger charge is -2.40. The van der Waals surface area contributed by atoms with Gasteiger partial charge in [0.25, 0.3) is 0 Å². The van der Waals surface area contributed by atoms with E-state index in [1.807, 2.05) is 0 Å². The van der Waals surface area contributed by atoms with Crippen molar-refractivity contribution < 1.29 is 24.5 Å². The van der Waals surface area contributed by atoms with Crippen LogP contribution in [0, 0.1) is 0 Å². The molecule has 1 N–H and O–H groups in total. The summed E-state index contributed by atoms with van der Waals surface area (Å²) in [6, 6.07) is 0.281. The van der Waals surface area contributed by atoms with E-state index in [0.29, 0.717) is 0 Å². The molecule has 15 heavy (non-hydrogen) atoms. The topological polar surface area (TPSA) is 20.2 Å². The number of halogens is 7. The third-order valence-corrected chi connectivity index (χ3v) is 3.77. The van der Waals surface area contributed by atoms with Crippen molar-refractivity contribution in [2.45, 2.75) is 4.90 Å². The lowest BCUT2D eigenvalue weighted by atomic mass is 10.3. The van der Waals surface area contributed by atoms with Crippen LogP contribution < -0.4 is 0 Å². The second-order valence-electron chi connectivity index (χ2n) is 2.70. The van der Waals surface area contributed by atoms with E-state index in [0.717, 1.165) is 0 Å². The number of hydrogen-bond donors (Lipinski definition) is 1. The SMILES string of the molecule is Oc1c(Br)cc(S(F)(F)(F)(F)F)cc1Br. The fourth-order valence-corrected chi connectivity index (χ4v) is 2.94. The summed E-state index contributed by atoms with van der Waals surface area (Å²) in [5, 5.41) is 9.07. The Morgan fingerprint density at radius 3 is 1.53 bits per heavy atom.